The number of thiocyanates is 1. The predicted molar refractivity (Wildman–Crippen MR) is 67.5 cm³/mol. The van der Waals surface area contributed by atoms with Gasteiger partial charge in [0.25, 0.3) is 0 Å². The molecule has 2 rings (SSSR count). The van der Waals surface area contributed by atoms with Gasteiger partial charge in [0.2, 0.25) is 0 Å². The highest BCUT2D eigenvalue weighted by Crippen LogP contribution is 2.20. The first kappa shape index (κ1) is 10.8. The van der Waals surface area contributed by atoms with Gasteiger partial charge in [-0.3, -0.25) is 0 Å². The zero-order chi connectivity index (χ0) is 11.2. The van der Waals surface area contributed by atoms with Crippen LogP contribution in [0.4, 0.5) is 0 Å². The average Bonchev–Trinajstić information content (AvgIpc) is 2.34. The minimum Gasteiger partial charge on any atom is -0.493 e. The molecule has 0 N–H and O–H groups in total. The highest BCUT2D eigenvalue weighted by molar-refractivity contribution is 8.03. The Kier molecular flexibility index (Phi) is 3.68. The number of hydrogen-bond acceptors (Lipinski definition) is 3. The molecule has 0 aliphatic heterocycles. The van der Waals surface area contributed by atoms with Crippen LogP contribution in [-0.4, -0.2) is 12.4 Å². The zero-order valence-corrected chi connectivity index (χ0v) is 9.54. The lowest BCUT2D eigenvalue weighted by atomic mass is 10.1. The van der Waals surface area contributed by atoms with Gasteiger partial charge in [-0.25, -0.2) is 0 Å². The molecule has 0 atom stereocenters. The summed E-state index contributed by atoms with van der Waals surface area (Å²) in [7, 11) is 0. The van der Waals surface area contributed by atoms with E-state index in [-0.39, 0.29) is 0 Å². The van der Waals surface area contributed by atoms with E-state index in [0.717, 1.165) is 5.75 Å². The number of hydrogen-bond donors (Lipinski definition) is 0. The minimum absolute atomic E-state index is 0.566. The van der Waals surface area contributed by atoms with Gasteiger partial charge < -0.3 is 4.74 Å². The second-order valence-electron chi connectivity index (χ2n) is 3.30. The van der Waals surface area contributed by atoms with E-state index in [1.165, 1.54) is 22.5 Å². The molecule has 0 aromatic heterocycles. The molecule has 0 saturated heterocycles. The number of ether oxygens (including phenoxy) is 1. The van der Waals surface area contributed by atoms with E-state index >= 15 is 0 Å². The summed E-state index contributed by atoms with van der Waals surface area (Å²) >= 11 is 1.21. The van der Waals surface area contributed by atoms with Gasteiger partial charge in [-0.15, -0.1) is 0 Å². The quantitative estimate of drug-likeness (QED) is 0.595. The van der Waals surface area contributed by atoms with Gasteiger partial charge in [-0.2, -0.15) is 5.26 Å². The van der Waals surface area contributed by atoms with E-state index in [4.69, 9.17) is 10.00 Å². The lowest BCUT2D eigenvalue weighted by molar-refractivity contribution is 0.344. The molecule has 3 heteroatoms. The lowest BCUT2D eigenvalue weighted by Crippen LogP contribution is -1.99. The van der Waals surface area contributed by atoms with E-state index in [9.17, 15) is 0 Å². The third kappa shape index (κ3) is 2.68. The average molecular weight is 229 g/mol. The van der Waals surface area contributed by atoms with Crippen LogP contribution in [0.1, 0.15) is 0 Å². The number of fused-ring (bicyclic) bond motifs is 1. The van der Waals surface area contributed by atoms with E-state index in [1.54, 1.807) is 0 Å². The van der Waals surface area contributed by atoms with Crippen molar-refractivity contribution in [2.24, 2.45) is 0 Å². The first-order chi connectivity index (χ1) is 7.90. The molecule has 0 aliphatic rings. The van der Waals surface area contributed by atoms with Crippen molar-refractivity contribution in [1.82, 2.24) is 0 Å². The number of nitriles is 1. The summed E-state index contributed by atoms with van der Waals surface area (Å²) in [5.74, 6) is 1.56. The molecule has 0 aliphatic carbocycles. The Labute approximate surface area is 98.8 Å². The summed E-state index contributed by atoms with van der Waals surface area (Å²) in [4.78, 5) is 0. The van der Waals surface area contributed by atoms with Gasteiger partial charge in [0.05, 0.1) is 6.61 Å². The van der Waals surface area contributed by atoms with E-state index < -0.39 is 0 Å². The second-order valence-corrected chi connectivity index (χ2v) is 4.18. The van der Waals surface area contributed by atoms with Crippen molar-refractivity contribution in [2.45, 2.75) is 0 Å². The van der Waals surface area contributed by atoms with E-state index in [0.29, 0.717) is 12.4 Å². The number of rotatable bonds is 4. The van der Waals surface area contributed by atoms with Gasteiger partial charge in [0.1, 0.15) is 11.2 Å². The van der Waals surface area contributed by atoms with Crippen molar-refractivity contribution in [3.05, 3.63) is 42.5 Å². The van der Waals surface area contributed by atoms with Crippen LogP contribution in [0, 0.1) is 10.7 Å². The largest absolute Gasteiger partial charge is 0.493 e. The van der Waals surface area contributed by atoms with Crippen LogP contribution in [0.25, 0.3) is 10.8 Å². The number of thioether (sulfide) groups is 1. The Balaban J connectivity index is 2.05. The molecular weight excluding hydrogens is 218 g/mol. The van der Waals surface area contributed by atoms with Crippen LogP contribution < -0.4 is 4.74 Å². The highest BCUT2D eigenvalue weighted by Gasteiger charge is 1.96. The van der Waals surface area contributed by atoms with Crippen molar-refractivity contribution in [3.63, 3.8) is 0 Å². The third-order valence-electron chi connectivity index (χ3n) is 2.24. The van der Waals surface area contributed by atoms with Crippen LogP contribution in [0.15, 0.2) is 42.5 Å². The summed E-state index contributed by atoms with van der Waals surface area (Å²) in [6.45, 7) is 0.566. The fourth-order valence-corrected chi connectivity index (χ4v) is 1.76. The molecule has 0 amide bonds. The molecule has 0 saturated carbocycles. The lowest BCUT2D eigenvalue weighted by Gasteiger charge is -2.05. The fourth-order valence-electron chi connectivity index (χ4n) is 1.50. The van der Waals surface area contributed by atoms with E-state index in [1.807, 2.05) is 35.7 Å². The fraction of sp³-hybridized carbons (Fsp3) is 0.154. The molecule has 80 valence electrons. The molecule has 2 aromatic carbocycles. The Morgan fingerprint density at radius 1 is 1.12 bits per heavy atom. The molecule has 0 heterocycles. The van der Waals surface area contributed by atoms with Gasteiger partial charge >= 0.3 is 0 Å². The standard InChI is InChI=1S/C13H11NOS/c14-10-16-8-7-15-13-6-5-11-3-1-2-4-12(11)9-13/h1-6,9H,7-8H2. The Morgan fingerprint density at radius 2 is 1.94 bits per heavy atom. The van der Waals surface area contributed by atoms with Crippen LogP contribution in [-0.2, 0) is 0 Å². The van der Waals surface area contributed by atoms with Crippen LogP contribution in [0.5, 0.6) is 5.75 Å². The summed E-state index contributed by atoms with van der Waals surface area (Å²) in [5.41, 5.74) is 0. The molecule has 2 nitrogen and oxygen atoms in total. The Morgan fingerprint density at radius 3 is 2.75 bits per heavy atom. The van der Waals surface area contributed by atoms with Gasteiger partial charge in [-0.1, -0.05) is 30.3 Å². The van der Waals surface area contributed by atoms with Gasteiger partial charge in [0, 0.05) is 5.75 Å². The second kappa shape index (κ2) is 5.43. The monoisotopic (exact) mass is 229 g/mol. The van der Waals surface area contributed by atoms with Crippen LogP contribution in [0.3, 0.4) is 0 Å². The number of nitrogens with zero attached hydrogens (tertiary/aromatic N) is 1. The zero-order valence-electron chi connectivity index (χ0n) is 8.72. The maximum Gasteiger partial charge on any atom is 0.133 e. The van der Waals surface area contributed by atoms with Crippen molar-refractivity contribution in [2.75, 3.05) is 12.4 Å². The maximum absolute atomic E-state index is 8.36. The first-order valence-electron chi connectivity index (χ1n) is 5.02. The summed E-state index contributed by atoms with van der Waals surface area (Å²) in [6.07, 6.45) is 0. The molecule has 0 radical (unpaired) electrons. The Hall–Kier alpha value is -1.66. The summed E-state index contributed by atoms with van der Waals surface area (Å²) < 4.78 is 5.54. The molecule has 16 heavy (non-hydrogen) atoms. The predicted octanol–water partition coefficient (Wildman–Crippen LogP) is 3.43. The highest BCUT2D eigenvalue weighted by atomic mass is 32.2. The third-order valence-corrected chi connectivity index (χ3v) is 2.74. The topological polar surface area (TPSA) is 33.0 Å². The molecule has 2 aromatic rings. The summed E-state index contributed by atoms with van der Waals surface area (Å²) in [6, 6.07) is 14.2. The molecule has 0 bridgehead atoms. The first-order valence-corrected chi connectivity index (χ1v) is 6.01. The summed E-state index contributed by atoms with van der Waals surface area (Å²) in [5, 5.41) is 12.8. The molecular formula is C13H11NOS. The van der Waals surface area contributed by atoms with Crippen molar-refractivity contribution in [1.29, 1.82) is 5.26 Å². The minimum atomic E-state index is 0.566. The molecule has 0 spiro atoms. The Bertz CT molecular complexity index is 519. The van der Waals surface area contributed by atoms with Crippen LogP contribution in [0.2, 0.25) is 0 Å². The van der Waals surface area contributed by atoms with Gasteiger partial charge in [-0.05, 0) is 34.7 Å². The van der Waals surface area contributed by atoms with Gasteiger partial charge in [0.15, 0.2) is 0 Å². The van der Waals surface area contributed by atoms with Crippen LogP contribution >= 0.6 is 11.8 Å². The van der Waals surface area contributed by atoms with Crippen molar-refractivity contribution < 1.29 is 4.74 Å². The SMILES string of the molecule is N#CSCCOc1ccc2ccccc2c1. The van der Waals surface area contributed by atoms with Crippen molar-refractivity contribution in [3.8, 4) is 11.2 Å². The number of benzene rings is 2. The maximum atomic E-state index is 8.36. The smallest absolute Gasteiger partial charge is 0.133 e. The molecule has 0 unspecified atom stereocenters. The normalized spacial score (nSPS) is 9.94. The van der Waals surface area contributed by atoms with E-state index in [2.05, 4.69) is 12.1 Å². The van der Waals surface area contributed by atoms with Crippen molar-refractivity contribution >= 4 is 22.5 Å². The molecule has 0 fully saturated rings.